The number of nitrogens with two attached hydrogens (primary N) is 1. The number of benzene rings is 2. The maximum absolute atomic E-state index is 13.7. The first-order chi connectivity index (χ1) is 10.0. The number of ether oxygens (including phenoxy) is 2. The van der Waals surface area contributed by atoms with Gasteiger partial charge in [0.25, 0.3) is 0 Å². The zero-order valence-electron chi connectivity index (χ0n) is 11.2. The second-order valence-corrected chi connectivity index (χ2v) is 4.68. The van der Waals surface area contributed by atoms with E-state index in [0.29, 0.717) is 11.4 Å². The van der Waals surface area contributed by atoms with Crippen LogP contribution in [0.4, 0.5) is 10.1 Å². The van der Waals surface area contributed by atoms with Gasteiger partial charge in [0.15, 0.2) is 0 Å². The van der Waals surface area contributed by atoms with E-state index < -0.39 is 11.8 Å². The Labute approximate surface area is 126 Å². The highest BCUT2D eigenvalue weighted by atomic mass is 35.5. The summed E-state index contributed by atoms with van der Waals surface area (Å²) in [5.41, 5.74) is 6.41. The summed E-state index contributed by atoms with van der Waals surface area (Å²) in [6.07, 6.45) is 0. The maximum atomic E-state index is 13.7. The number of esters is 1. The highest BCUT2D eigenvalue weighted by Crippen LogP contribution is 2.21. The predicted molar refractivity (Wildman–Crippen MR) is 77.9 cm³/mol. The van der Waals surface area contributed by atoms with Crippen molar-refractivity contribution in [3.8, 4) is 5.75 Å². The molecule has 2 aromatic carbocycles. The van der Waals surface area contributed by atoms with Crippen LogP contribution < -0.4 is 10.5 Å². The maximum Gasteiger partial charge on any atom is 0.339 e. The standard InChI is InChI=1S/C15H13ClFNO3/c1-20-11-4-2-9(14(17)7-11)8-21-15(19)12-5-3-10(18)6-13(12)16/h2-7H,8,18H2,1H3. The van der Waals surface area contributed by atoms with Gasteiger partial charge in [0, 0.05) is 17.3 Å². The van der Waals surface area contributed by atoms with Gasteiger partial charge in [-0.3, -0.25) is 0 Å². The second kappa shape index (κ2) is 6.45. The molecule has 0 fully saturated rings. The molecule has 0 bridgehead atoms. The van der Waals surface area contributed by atoms with Crippen LogP contribution in [-0.4, -0.2) is 13.1 Å². The lowest BCUT2D eigenvalue weighted by molar-refractivity contribution is 0.0469. The Bertz CT molecular complexity index is 676. The SMILES string of the molecule is COc1ccc(COC(=O)c2ccc(N)cc2Cl)c(F)c1. The third-order valence-corrected chi connectivity index (χ3v) is 3.14. The van der Waals surface area contributed by atoms with Crippen molar-refractivity contribution in [1.82, 2.24) is 0 Å². The van der Waals surface area contributed by atoms with Crippen molar-refractivity contribution >= 4 is 23.3 Å². The molecular formula is C15H13ClFNO3. The average Bonchev–Trinajstić information content (AvgIpc) is 2.45. The number of hydrogen-bond donors (Lipinski definition) is 1. The van der Waals surface area contributed by atoms with Crippen molar-refractivity contribution < 1.29 is 18.7 Å². The van der Waals surface area contributed by atoms with Crippen LogP contribution in [0.1, 0.15) is 15.9 Å². The number of carbonyl (C=O) groups excluding carboxylic acids is 1. The lowest BCUT2D eigenvalue weighted by Crippen LogP contribution is -2.07. The van der Waals surface area contributed by atoms with E-state index in [1.807, 2.05) is 0 Å². The van der Waals surface area contributed by atoms with Crippen LogP contribution in [0.2, 0.25) is 5.02 Å². The molecule has 0 saturated heterocycles. The summed E-state index contributed by atoms with van der Waals surface area (Å²) in [7, 11) is 1.44. The molecule has 21 heavy (non-hydrogen) atoms. The zero-order chi connectivity index (χ0) is 15.4. The summed E-state index contributed by atoms with van der Waals surface area (Å²) in [6.45, 7) is -0.199. The van der Waals surface area contributed by atoms with Crippen molar-refractivity contribution in [2.45, 2.75) is 6.61 Å². The van der Waals surface area contributed by atoms with E-state index in [2.05, 4.69) is 0 Å². The summed E-state index contributed by atoms with van der Waals surface area (Å²) < 4.78 is 23.6. The second-order valence-electron chi connectivity index (χ2n) is 4.27. The van der Waals surface area contributed by atoms with Gasteiger partial charge in [-0.25, -0.2) is 9.18 Å². The minimum atomic E-state index is -0.643. The largest absolute Gasteiger partial charge is 0.497 e. The monoisotopic (exact) mass is 309 g/mol. The van der Waals surface area contributed by atoms with E-state index in [0.717, 1.165) is 0 Å². The van der Waals surface area contributed by atoms with Gasteiger partial charge in [-0.2, -0.15) is 0 Å². The van der Waals surface area contributed by atoms with Crippen molar-refractivity contribution in [3.05, 3.63) is 58.4 Å². The Morgan fingerprint density at radius 2 is 2.05 bits per heavy atom. The predicted octanol–water partition coefficient (Wildman–Crippen LogP) is 3.43. The Morgan fingerprint density at radius 1 is 1.29 bits per heavy atom. The molecule has 110 valence electrons. The van der Waals surface area contributed by atoms with Gasteiger partial charge in [0.2, 0.25) is 0 Å². The van der Waals surface area contributed by atoms with Crippen molar-refractivity contribution in [3.63, 3.8) is 0 Å². The van der Waals surface area contributed by atoms with Crippen LogP contribution in [0.15, 0.2) is 36.4 Å². The normalized spacial score (nSPS) is 10.2. The Morgan fingerprint density at radius 3 is 2.67 bits per heavy atom. The van der Waals surface area contributed by atoms with Gasteiger partial charge in [0.1, 0.15) is 18.2 Å². The minimum absolute atomic E-state index is 0.180. The molecule has 0 atom stereocenters. The molecule has 0 saturated carbocycles. The molecule has 0 aliphatic heterocycles. The fraction of sp³-hybridized carbons (Fsp3) is 0.133. The van der Waals surface area contributed by atoms with E-state index in [-0.39, 0.29) is 22.8 Å². The highest BCUT2D eigenvalue weighted by Gasteiger charge is 2.13. The fourth-order valence-electron chi connectivity index (χ4n) is 1.69. The number of halogens is 2. The summed E-state index contributed by atoms with van der Waals surface area (Å²) in [4.78, 5) is 11.9. The lowest BCUT2D eigenvalue weighted by atomic mass is 10.2. The zero-order valence-corrected chi connectivity index (χ0v) is 12.0. The van der Waals surface area contributed by atoms with Crippen LogP contribution in [0.5, 0.6) is 5.75 Å². The van der Waals surface area contributed by atoms with Gasteiger partial charge in [-0.15, -0.1) is 0 Å². The number of methoxy groups -OCH3 is 1. The summed E-state index contributed by atoms with van der Waals surface area (Å²) >= 11 is 5.91. The fourth-order valence-corrected chi connectivity index (χ4v) is 1.96. The number of rotatable bonds is 4. The molecule has 2 rings (SSSR count). The van der Waals surface area contributed by atoms with Crippen LogP contribution in [0.25, 0.3) is 0 Å². The van der Waals surface area contributed by atoms with Crippen LogP contribution >= 0.6 is 11.6 Å². The van der Waals surface area contributed by atoms with Gasteiger partial charge in [-0.05, 0) is 30.3 Å². The van der Waals surface area contributed by atoms with Crippen molar-refractivity contribution in [2.24, 2.45) is 0 Å². The molecule has 0 unspecified atom stereocenters. The summed E-state index contributed by atoms with van der Waals surface area (Å²) in [5.74, 6) is -0.759. The third-order valence-electron chi connectivity index (χ3n) is 2.83. The van der Waals surface area contributed by atoms with E-state index in [9.17, 15) is 9.18 Å². The minimum Gasteiger partial charge on any atom is -0.497 e. The smallest absolute Gasteiger partial charge is 0.339 e. The molecule has 4 nitrogen and oxygen atoms in total. The molecular weight excluding hydrogens is 297 g/mol. The molecule has 0 aromatic heterocycles. The number of carbonyl (C=O) groups is 1. The van der Waals surface area contributed by atoms with Crippen molar-refractivity contribution in [2.75, 3.05) is 12.8 Å². The van der Waals surface area contributed by atoms with E-state index in [1.54, 1.807) is 6.07 Å². The van der Waals surface area contributed by atoms with Crippen LogP contribution in [0, 0.1) is 5.82 Å². The molecule has 0 radical (unpaired) electrons. The molecule has 0 heterocycles. The first-order valence-corrected chi connectivity index (χ1v) is 6.43. The molecule has 2 aromatic rings. The van der Waals surface area contributed by atoms with Crippen LogP contribution in [0.3, 0.4) is 0 Å². The Kier molecular flexibility index (Phi) is 4.65. The van der Waals surface area contributed by atoms with E-state index in [1.165, 1.54) is 37.4 Å². The quantitative estimate of drug-likeness (QED) is 0.694. The van der Waals surface area contributed by atoms with Crippen molar-refractivity contribution in [1.29, 1.82) is 0 Å². The Balaban J connectivity index is 2.07. The summed E-state index contributed by atoms with van der Waals surface area (Å²) in [5, 5.41) is 0.190. The molecule has 0 aliphatic rings. The number of nitrogen functional groups attached to an aromatic ring is 1. The van der Waals surface area contributed by atoms with Gasteiger partial charge >= 0.3 is 5.97 Å². The van der Waals surface area contributed by atoms with E-state index >= 15 is 0 Å². The first-order valence-electron chi connectivity index (χ1n) is 6.06. The average molecular weight is 310 g/mol. The first kappa shape index (κ1) is 15.1. The molecule has 0 spiro atoms. The van der Waals surface area contributed by atoms with Gasteiger partial charge in [-0.1, -0.05) is 11.6 Å². The lowest BCUT2D eigenvalue weighted by Gasteiger charge is -2.08. The summed E-state index contributed by atoms with van der Waals surface area (Å²) in [6, 6.07) is 8.75. The molecule has 0 aliphatic carbocycles. The number of anilines is 1. The molecule has 6 heteroatoms. The van der Waals surface area contributed by atoms with Gasteiger partial charge in [0.05, 0.1) is 17.7 Å². The third kappa shape index (κ3) is 3.64. The number of hydrogen-bond acceptors (Lipinski definition) is 4. The van der Waals surface area contributed by atoms with Gasteiger partial charge < -0.3 is 15.2 Å². The highest BCUT2D eigenvalue weighted by molar-refractivity contribution is 6.33. The van der Waals surface area contributed by atoms with Crippen LogP contribution in [-0.2, 0) is 11.3 Å². The Hall–Kier alpha value is -2.27. The topological polar surface area (TPSA) is 61.5 Å². The molecule has 0 amide bonds. The van der Waals surface area contributed by atoms with E-state index in [4.69, 9.17) is 26.8 Å². The molecule has 2 N–H and O–H groups in total.